The number of carbonyl (C=O) groups excluding carboxylic acids is 2. The van der Waals surface area contributed by atoms with E-state index in [9.17, 15) is 18.0 Å². The summed E-state index contributed by atoms with van der Waals surface area (Å²) < 4.78 is 43.5. The van der Waals surface area contributed by atoms with Gasteiger partial charge in [-0.2, -0.15) is 0 Å². The van der Waals surface area contributed by atoms with Crippen molar-refractivity contribution >= 4 is 43.4 Å². The average Bonchev–Trinajstić information content (AvgIpc) is 2.87. The van der Waals surface area contributed by atoms with Crippen LogP contribution in [0.5, 0.6) is 11.5 Å². The maximum absolute atomic E-state index is 12.9. The molecule has 0 spiro atoms. The lowest BCUT2D eigenvalue weighted by Gasteiger charge is -2.20. The minimum absolute atomic E-state index is 0.129. The van der Waals surface area contributed by atoms with Crippen LogP contribution in [0.2, 0.25) is 0 Å². The van der Waals surface area contributed by atoms with E-state index >= 15 is 0 Å². The molecule has 3 aromatic carbocycles. The van der Waals surface area contributed by atoms with Crippen LogP contribution >= 0.6 is 15.9 Å². The molecule has 0 N–H and O–H groups in total. The maximum atomic E-state index is 12.9. The summed E-state index contributed by atoms with van der Waals surface area (Å²) in [6.07, 6.45) is 0. The van der Waals surface area contributed by atoms with Gasteiger partial charge in [-0.1, -0.05) is 28.1 Å². The molecule has 0 amide bonds. The summed E-state index contributed by atoms with van der Waals surface area (Å²) in [5, 5.41) is 0. The van der Waals surface area contributed by atoms with Gasteiger partial charge in [-0.05, 0) is 67.6 Å². The van der Waals surface area contributed by atoms with Gasteiger partial charge in [-0.25, -0.2) is 13.2 Å². The molecule has 3 aromatic rings. The lowest BCUT2D eigenvalue weighted by atomic mass is 10.1. The van der Waals surface area contributed by atoms with E-state index in [1.54, 1.807) is 60.7 Å². The Morgan fingerprint density at radius 1 is 0.829 bits per heavy atom. The molecule has 10 heteroatoms. The lowest BCUT2D eigenvalue weighted by molar-refractivity contribution is -0.144. The van der Waals surface area contributed by atoms with Crippen molar-refractivity contribution in [2.75, 3.05) is 31.2 Å². The normalized spacial score (nSPS) is 10.9. The van der Waals surface area contributed by atoms with Crippen molar-refractivity contribution < 1.29 is 32.2 Å². The quantitative estimate of drug-likeness (QED) is 0.251. The van der Waals surface area contributed by atoms with Gasteiger partial charge in [0.25, 0.3) is 10.0 Å². The zero-order chi connectivity index (χ0) is 25.4. The van der Waals surface area contributed by atoms with Crippen LogP contribution in [0.15, 0.2) is 82.2 Å². The highest BCUT2D eigenvalue weighted by Crippen LogP contribution is 2.25. The fourth-order valence-electron chi connectivity index (χ4n) is 2.97. The minimum atomic E-state index is -3.77. The first-order valence-corrected chi connectivity index (χ1v) is 12.8. The second-order valence-corrected chi connectivity index (χ2v) is 10.1. The van der Waals surface area contributed by atoms with Crippen molar-refractivity contribution in [2.24, 2.45) is 0 Å². The molecule has 0 aliphatic heterocycles. The van der Waals surface area contributed by atoms with E-state index in [0.29, 0.717) is 29.4 Å². The molecule has 0 saturated heterocycles. The predicted octanol–water partition coefficient (Wildman–Crippen LogP) is 4.48. The van der Waals surface area contributed by atoms with Gasteiger partial charge >= 0.3 is 5.97 Å². The van der Waals surface area contributed by atoms with E-state index in [4.69, 9.17) is 14.2 Å². The number of benzene rings is 3. The number of hydrogen-bond acceptors (Lipinski definition) is 7. The van der Waals surface area contributed by atoms with Crippen LogP contribution in [-0.4, -0.2) is 47.0 Å². The first-order chi connectivity index (χ1) is 16.7. The number of rotatable bonds is 11. The summed E-state index contributed by atoms with van der Waals surface area (Å²) in [7, 11) is -2.33. The summed E-state index contributed by atoms with van der Waals surface area (Å²) >= 11 is 3.29. The van der Waals surface area contributed by atoms with E-state index in [1.807, 2.05) is 6.92 Å². The second kappa shape index (κ2) is 11.9. The Morgan fingerprint density at radius 3 is 2.00 bits per heavy atom. The summed E-state index contributed by atoms with van der Waals surface area (Å²) in [5.41, 5.74) is 0.843. The van der Waals surface area contributed by atoms with Gasteiger partial charge in [0.2, 0.25) is 0 Å². The van der Waals surface area contributed by atoms with Crippen LogP contribution in [0.25, 0.3) is 0 Å². The molecule has 35 heavy (non-hydrogen) atoms. The van der Waals surface area contributed by atoms with Crippen molar-refractivity contribution in [3.8, 4) is 11.5 Å². The molecule has 0 saturated carbocycles. The van der Waals surface area contributed by atoms with Crippen molar-refractivity contribution in [1.82, 2.24) is 0 Å². The Balaban J connectivity index is 1.53. The first kappa shape index (κ1) is 26.2. The number of halogens is 1. The Kier molecular flexibility index (Phi) is 8.89. The summed E-state index contributed by atoms with van der Waals surface area (Å²) in [6, 6.07) is 19.1. The van der Waals surface area contributed by atoms with E-state index in [-0.39, 0.29) is 10.7 Å². The van der Waals surface area contributed by atoms with Crippen molar-refractivity contribution in [2.45, 2.75) is 11.8 Å². The van der Waals surface area contributed by atoms with Gasteiger partial charge in [0.1, 0.15) is 11.5 Å². The molecule has 0 radical (unpaired) electrons. The highest BCUT2D eigenvalue weighted by atomic mass is 79.9. The largest absolute Gasteiger partial charge is 0.494 e. The van der Waals surface area contributed by atoms with Crippen LogP contribution in [0.4, 0.5) is 5.69 Å². The maximum Gasteiger partial charge on any atom is 0.344 e. The number of sulfonamides is 1. The fraction of sp³-hybridized carbons (Fsp3) is 0.200. The number of nitrogens with zero attached hydrogens (tertiary/aromatic N) is 1. The Hall–Kier alpha value is -3.37. The summed E-state index contributed by atoms with van der Waals surface area (Å²) in [5.74, 6) is -0.0923. The predicted molar refractivity (Wildman–Crippen MR) is 135 cm³/mol. The molecule has 0 aliphatic rings. The molecular formula is C25H24BrNO7S. The zero-order valence-corrected chi connectivity index (χ0v) is 21.5. The van der Waals surface area contributed by atoms with Crippen LogP contribution in [0.3, 0.4) is 0 Å². The fourth-order valence-corrected chi connectivity index (χ4v) is 4.43. The zero-order valence-electron chi connectivity index (χ0n) is 19.1. The molecule has 0 aliphatic carbocycles. The Labute approximate surface area is 212 Å². The smallest absolute Gasteiger partial charge is 0.344 e. The monoisotopic (exact) mass is 561 g/mol. The first-order valence-electron chi connectivity index (χ1n) is 10.6. The number of Topliss-reactive ketones (excluding diaryl/α,β-unsaturated/α-hetero) is 1. The number of ketones is 1. The molecular weight excluding hydrogens is 538 g/mol. The topological polar surface area (TPSA) is 99.2 Å². The third kappa shape index (κ3) is 7.06. The van der Waals surface area contributed by atoms with Crippen molar-refractivity contribution in [3.05, 3.63) is 82.8 Å². The van der Waals surface area contributed by atoms with Gasteiger partial charge in [0.05, 0.1) is 17.2 Å². The number of hydrogen-bond donors (Lipinski definition) is 0. The van der Waals surface area contributed by atoms with Crippen LogP contribution in [-0.2, 0) is 19.6 Å². The van der Waals surface area contributed by atoms with Gasteiger partial charge < -0.3 is 14.2 Å². The molecule has 0 unspecified atom stereocenters. The molecule has 3 rings (SSSR count). The van der Waals surface area contributed by atoms with Crippen LogP contribution < -0.4 is 13.8 Å². The van der Waals surface area contributed by atoms with Gasteiger partial charge in [0.15, 0.2) is 19.0 Å². The van der Waals surface area contributed by atoms with E-state index in [1.165, 1.54) is 19.2 Å². The highest BCUT2D eigenvalue weighted by molar-refractivity contribution is 9.10. The minimum Gasteiger partial charge on any atom is -0.494 e. The highest BCUT2D eigenvalue weighted by Gasteiger charge is 2.21. The molecule has 0 heterocycles. The molecule has 0 bridgehead atoms. The third-order valence-corrected chi connectivity index (χ3v) is 7.21. The third-order valence-electron chi connectivity index (χ3n) is 4.88. The molecule has 184 valence electrons. The van der Waals surface area contributed by atoms with Gasteiger partial charge in [-0.15, -0.1) is 0 Å². The molecule has 0 aromatic heterocycles. The standard InChI is InChI=1S/C25H24BrNO7S/c1-3-32-21-12-14-23(15-13-21)35(30,31)27(2)20-8-10-22(11-9-20)33-17-25(29)34-16-24(28)18-4-6-19(26)7-5-18/h4-15H,3,16-17H2,1-2H3. The summed E-state index contributed by atoms with van der Waals surface area (Å²) in [6.45, 7) is 1.55. The number of carbonyl (C=O) groups is 2. The molecule has 0 atom stereocenters. The number of anilines is 1. The second-order valence-electron chi connectivity index (χ2n) is 7.25. The van der Waals surface area contributed by atoms with E-state index in [0.717, 1.165) is 8.78 Å². The van der Waals surface area contributed by atoms with Crippen molar-refractivity contribution in [3.63, 3.8) is 0 Å². The number of ether oxygens (including phenoxy) is 3. The molecule has 8 nitrogen and oxygen atoms in total. The molecule has 0 fully saturated rings. The SMILES string of the molecule is CCOc1ccc(S(=O)(=O)N(C)c2ccc(OCC(=O)OCC(=O)c3ccc(Br)cc3)cc2)cc1. The Morgan fingerprint density at radius 2 is 1.40 bits per heavy atom. The average molecular weight is 562 g/mol. The van der Waals surface area contributed by atoms with Crippen LogP contribution in [0, 0.1) is 0 Å². The van der Waals surface area contributed by atoms with Crippen LogP contribution in [0.1, 0.15) is 17.3 Å². The lowest BCUT2D eigenvalue weighted by Crippen LogP contribution is -2.26. The van der Waals surface area contributed by atoms with Gasteiger partial charge in [0, 0.05) is 17.1 Å². The number of esters is 1. The van der Waals surface area contributed by atoms with E-state index < -0.39 is 29.2 Å². The van der Waals surface area contributed by atoms with Crippen molar-refractivity contribution in [1.29, 1.82) is 0 Å². The van der Waals surface area contributed by atoms with Gasteiger partial charge in [-0.3, -0.25) is 9.10 Å². The Bertz CT molecular complexity index is 1260. The summed E-state index contributed by atoms with van der Waals surface area (Å²) in [4.78, 5) is 24.1. The van der Waals surface area contributed by atoms with E-state index in [2.05, 4.69) is 15.9 Å².